The third kappa shape index (κ3) is 1.58. The van der Waals surface area contributed by atoms with Gasteiger partial charge in [-0.1, -0.05) is 34.7 Å². The summed E-state index contributed by atoms with van der Waals surface area (Å²) in [4.78, 5) is 0. The van der Waals surface area contributed by atoms with Gasteiger partial charge in [-0.2, -0.15) is 0 Å². The summed E-state index contributed by atoms with van der Waals surface area (Å²) in [7, 11) is 0. The molecule has 2 aromatic carbocycles. The van der Waals surface area contributed by atoms with Crippen LogP contribution in [0.15, 0.2) is 61.2 Å². The molecule has 0 aliphatic carbocycles. The minimum absolute atomic E-state index is 0.964. The van der Waals surface area contributed by atoms with E-state index in [1.54, 1.807) is 21.8 Å². The molecule has 20 heavy (non-hydrogen) atoms. The summed E-state index contributed by atoms with van der Waals surface area (Å²) in [6.07, 6.45) is 6.98. The SMILES string of the molecule is c1cc(-n2ccnn2)c2c(-n3ccnn3)cccc2c1. The first-order valence-electron chi connectivity index (χ1n) is 6.18. The normalized spacial score (nSPS) is 11.0. The second-order valence-electron chi connectivity index (χ2n) is 4.35. The van der Waals surface area contributed by atoms with Gasteiger partial charge in [-0.05, 0) is 17.5 Å². The van der Waals surface area contributed by atoms with Crippen molar-refractivity contribution in [2.75, 3.05) is 0 Å². The summed E-state index contributed by atoms with van der Waals surface area (Å²) in [5, 5.41) is 18.1. The fraction of sp³-hybridized carbons (Fsp3) is 0. The second-order valence-corrected chi connectivity index (χ2v) is 4.35. The number of fused-ring (bicyclic) bond motifs is 1. The van der Waals surface area contributed by atoms with Gasteiger partial charge < -0.3 is 0 Å². The average molecular weight is 262 g/mol. The Bertz CT molecular complexity index is 780. The van der Waals surface area contributed by atoms with Crippen molar-refractivity contribution < 1.29 is 0 Å². The van der Waals surface area contributed by atoms with E-state index in [1.165, 1.54) is 0 Å². The van der Waals surface area contributed by atoms with Gasteiger partial charge >= 0.3 is 0 Å². The number of aromatic nitrogens is 6. The lowest BCUT2D eigenvalue weighted by Crippen LogP contribution is -2.01. The fourth-order valence-corrected chi connectivity index (χ4v) is 2.36. The van der Waals surface area contributed by atoms with Crippen LogP contribution >= 0.6 is 0 Å². The van der Waals surface area contributed by atoms with Crippen LogP contribution < -0.4 is 0 Å². The van der Waals surface area contributed by atoms with E-state index in [1.807, 2.05) is 36.7 Å². The van der Waals surface area contributed by atoms with Crippen LogP contribution in [0.3, 0.4) is 0 Å². The zero-order valence-corrected chi connectivity index (χ0v) is 10.5. The molecule has 0 saturated heterocycles. The zero-order valence-electron chi connectivity index (χ0n) is 10.5. The van der Waals surface area contributed by atoms with E-state index in [9.17, 15) is 0 Å². The van der Waals surface area contributed by atoms with Crippen LogP contribution in [-0.4, -0.2) is 30.0 Å². The van der Waals surface area contributed by atoms with E-state index in [-0.39, 0.29) is 0 Å². The summed E-state index contributed by atoms with van der Waals surface area (Å²) in [5.41, 5.74) is 1.93. The lowest BCUT2D eigenvalue weighted by molar-refractivity contribution is 0.796. The van der Waals surface area contributed by atoms with E-state index in [0.717, 1.165) is 22.1 Å². The summed E-state index contributed by atoms with van der Waals surface area (Å²) < 4.78 is 3.51. The van der Waals surface area contributed by atoms with Gasteiger partial charge in [0.2, 0.25) is 0 Å². The smallest absolute Gasteiger partial charge is 0.0763 e. The molecule has 0 aliphatic rings. The summed E-state index contributed by atoms with van der Waals surface area (Å²) in [6.45, 7) is 0. The number of nitrogens with zero attached hydrogens (tertiary/aromatic N) is 6. The molecule has 4 aromatic rings. The van der Waals surface area contributed by atoms with Crippen molar-refractivity contribution in [3.05, 3.63) is 61.2 Å². The van der Waals surface area contributed by atoms with E-state index in [0.29, 0.717) is 0 Å². The minimum atomic E-state index is 0.964. The van der Waals surface area contributed by atoms with E-state index >= 15 is 0 Å². The molecule has 6 heteroatoms. The molecule has 0 atom stereocenters. The number of hydrogen-bond donors (Lipinski definition) is 0. The highest BCUT2D eigenvalue weighted by molar-refractivity contribution is 5.96. The van der Waals surface area contributed by atoms with Crippen molar-refractivity contribution >= 4 is 10.8 Å². The predicted molar refractivity (Wildman–Crippen MR) is 73.8 cm³/mol. The molecule has 2 heterocycles. The lowest BCUT2D eigenvalue weighted by atomic mass is 10.1. The maximum absolute atomic E-state index is 4.08. The molecule has 0 unspecified atom stereocenters. The second kappa shape index (κ2) is 4.27. The maximum Gasteiger partial charge on any atom is 0.0763 e. The maximum atomic E-state index is 4.08. The van der Waals surface area contributed by atoms with Gasteiger partial charge in [0.25, 0.3) is 0 Å². The Morgan fingerprint density at radius 2 is 1.25 bits per heavy atom. The van der Waals surface area contributed by atoms with Crippen LogP contribution in [0.4, 0.5) is 0 Å². The minimum Gasteiger partial charge on any atom is -0.220 e. The van der Waals surface area contributed by atoms with Gasteiger partial charge in [-0.15, -0.1) is 10.2 Å². The standard InChI is InChI=1S/C14H10N6/c1-3-11-4-2-6-13(20-10-8-16-18-20)14(11)12(5-1)19-9-7-15-17-19/h1-10H. The summed E-state index contributed by atoms with van der Waals surface area (Å²) >= 11 is 0. The van der Waals surface area contributed by atoms with Crippen LogP contribution in [-0.2, 0) is 0 Å². The van der Waals surface area contributed by atoms with Crippen molar-refractivity contribution in [3.8, 4) is 11.4 Å². The van der Waals surface area contributed by atoms with E-state index in [4.69, 9.17) is 0 Å². The van der Waals surface area contributed by atoms with Gasteiger partial charge in [-0.3, -0.25) is 0 Å². The molecule has 2 aromatic heterocycles. The Balaban J connectivity index is 2.11. The molecule has 0 saturated carbocycles. The van der Waals surface area contributed by atoms with Crippen molar-refractivity contribution in [1.82, 2.24) is 30.0 Å². The quantitative estimate of drug-likeness (QED) is 0.554. The molecule has 0 aliphatic heterocycles. The van der Waals surface area contributed by atoms with E-state index < -0.39 is 0 Å². The van der Waals surface area contributed by atoms with Gasteiger partial charge in [-0.25, -0.2) is 9.36 Å². The highest BCUT2D eigenvalue weighted by Gasteiger charge is 2.10. The Morgan fingerprint density at radius 3 is 1.70 bits per heavy atom. The van der Waals surface area contributed by atoms with Gasteiger partial charge in [0.1, 0.15) is 0 Å². The topological polar surface area (TPSA) is 61.4 Å². The first-order valence-corrected chi connectivity index (χ1v) is 6.18. The molecule has 0 amide bonds. The Hall–Kier alpha value is -3.02. The number of rotatable bonds is 2. The molecular formula is C14H10N6. The molecular weight excluding hydrogens is 252 g/mol. The average Bonchev–Trinajstić information content (AvgIpc) is 3.19. The first-order chi connectivity index (χ1) is 9.93. The van der Waals surface area contributed by atoms with Crippen LogP contribution in [0.2, 0.25) is 0 Å². The molecule has 96 valence electrons. The first kappa shape index (κ1) is 10.9. The van der Waals surface area contributed by atoms with Gasteiger partial charge in [0, 0.05) is 5.39 Å². The predicted octanol–water partition coefficient (Wildman–Crippen LogP) is 2.00. The van der Waals surface area contributed by atoms with Crippen LogP contribution in [0.1, 0.15) is 0 Å². The Morgan fingerprint density at radius 1 is 0.700 bits per heavy atom. The molecule has 0 N–H and O–H groups in total. The van der Waals surface area contributed by atoms with Gasteiger partial charge in [0.15, 0.2) is 0 Å². The van der Waals surface area contributed by atoms with Crippen LogP contribution in [0.5, 0.6) is 0 Å². The third-order valence-corrected chi connectivity index (χ3v) is 3.20. The summed E-state index contributed by atoms with van der Waals surface area (Å²) in [6, 6.07) is 12.2. The zero-order chi connectivity index (χ0) is 13.4. The Labute approximate surface area is 114 Å². The molecule has 0 spiro atoms. The van der Waals surface area contributed by atoms with Crippen molar-refractivity contribution in [1.29, 1.82) is 0 Å². The number of hydrogen-bond acceptors (Lipinski definition) is 4. The monoisotopic (exact) mass is 262 g/mol. The van der Waals surface area contributed by atoms with E-state index in [2.05, 4.69) is 32.8 Å². The lowest BCUT2D eigenvalue weighted by Gasteiger charge is -2.10. The molecule has 0 bridgehead atoms. The highest BCUT2D eigenvalue weighted by Crippen LogP contribution is 2.27. The number of benzene rings is 2. The van der Waals surface area contributed by atoms with Crippen LogP contribution in [0, 0.1) is 0 Å². The van der Waals surface area contributed by atoms with Crippen molar-refractivity contribution in [2.45, 2.75) is 0 Å². The molecule has 0 fully saturated rings. The molecule has 4 rings (SSSR count). The third-order valence-electron chi connectivity index (χ3n) is 3.20. The summed E-state index contributed by atoms with van der Waals surface area (Å²) in [5.74, 6) is 0. The highest BCUT2D eigenvalue weighted by atomic mass is 15.4. The van der Waals surface area contributed by atoms with Crippen LogP contribution in [0.25, 0.3) is 22.1 Å². The molecule has 6 nitrogen and oxygen atoms in total. The molecule has 0 radical (unpaired) electrons. The van der Waals surface area contributed by atoms with Gasteiger partial charge in [0.05, 0.1) is 36.2 Å². The van der Waals surface area contributed by atoms with Crippen molar-refractivity contribution in [2.24, 2.45) is 0 Å². The largest absolute Gasteiger partial charge is 0.220 e. The van der Waals surface area contributed by atoms with Crippen molar-refractivity contribution in [3.63, 3.8) is 0 Å². The fourth-order valence-electron chi connectivity index (χ4n) is 2.36. The Kier molecular flexibility index (Phi) is 2.32.